The Morgan fingerprint density at radius 3 is 2.44 bits per heavy atom. The summed E-state index contributed by atoms with van der Waals surface area (Å²) >= 11 is 0. The van der Waals surface area contributed by atoms with Gasteiger partial charge in [0.15, 0.2) is 0 Å². The summed E-state index contributed by atoms with van der Waals surface area (Å²) in [6.07, 6.45) is 10.6. The molecule has 1 aromatic carbocycles. The highest BCUT2D eigenvalue weighted by atomic mass is 16.5. The first-order chi connectivity index (χ1) is 12.1. The summed E-state index contributed by atoms with van der Waals surface area (Å²) in [5, 5.41) is 18.8. The number of carbonyl (C=O) groups is 1. The van der Waals surface area contributed by atoms with Crippen molar-refractivity contribution in [3.8, 4) is 11.5 Å². The maximum Gasteiger partial charge on any atom is 0.343 e. The van der Waals surface area contributed by atoms with E-state index < -0.39 is 5.97 Å². The van der Waals surface area contributed by atoms with Crippen LogP contribution in [0.3, 0.4) is 0 Å². The summed E-state index contributed by atoms with van der Waals surface area (Å²) in [6.45, 7) is 2.62. The van der Waals surface area contributed by atoms with E-state index >= 15 is 0 Å². The Morgan fingerprint density at radius 1 is 1.08 bits per heavy atom. The molecule has 0 bridgehead atoms. The summed E-state index contributed by atoms with van der Waals surface area (Å²) in [4.78, 5) is 11.2. The quantitative estimate of drug-likeness (QED) is 0.460. The van der Waals surface area contributed by atoms with E-state index in [0.29, 0.717) is 6.61 Å². The maximum absolute atomic E-state index is 11.2. The number of rotatable bonds is 14. The lowest BCUT2D eigenvalue weighted by atomic mass is 10.0. The fourth-order valence-corrected chi connectivity index (χ4v) is 2.88. The third-order valence-electron chi connectivity index (χ3n) is 4.36. The minimum atomic E-state index is -1.19. The van der Waals surface area contributed by atoms with Crippen LogP contribution in [0.2, 0.25) is 0 Å². The van der Waals surface area contributed by atoms with Crippen LogP contribution in [0.25, 0.3) is 0 Å². The van der Waals surface area contributed by atoms with Crippen LogP contribution in [0, 0.1) is 0 Å². The highest BCUT2D eigenvalue weighted by Gasteiger charge is 2.16. The molecular formula is C20H32O5. The third-order valence-corrected chi connectivity index (χ3v) is 4.36. The predicted octanol–water partition coefficient (Wildman–Crippen LogP) is 5.02. The van der Waals surface area contributed by atoms with Gasteiger partial charge in [0.2, 0.25) is 0 Å². The standard InChI is InChI=1S/C20H32O5/c1-3-4-5-6-7-8-11-16(24-2)12-10-15-25-18-14-9-13-17(21)19(18)20(22)23/h9,13-14,16,21H,3-8,10-12,15H2,1-2H3,(H,22,23). The van der Waals surface area contributed by atoms with Crippen molar-refractivity contribution < 1.29 is 24.5 Å². The van der Waals surface area contributed by atoms with Gasteiger partial charge in [-0.3, -0.25) is 0 Å². The number of hydrogen-bond acceptors (Lipinski definition) is 4. The zero-order valence-corrected chi connectivity index (χ0v) is 15.5. The van der Waals surface area contributed by atoms with Crippen molar-refractivity contribution in [2.24, 2.45) is 0 Å². The molecule has 0 aliphatic rings. The molecule has 0 saturated carbocycles. The van der Waals surface area contributed by atoms with Crippen LogP contribution in [0.5, 0.6) is 11.5 Å². The zero-order valence-electron chi connectivity index (χ0n) is 15.5. The van der Waals surface area contributed by atoms with E-state index in [2.05, 4.69) is 6.92 Å². The molecule has 5 heteroatoms. The lowest BCUT2D eigenvalue weighted by molar-refractivity contribution is 0.0685. The van der Waals surface area contributed by atoms with Crippen LogP contribution in [-0.4, -0.2) is 36.0 Å². The Labute approximate surface area is 151 Å². The smallest absolute Gasteiger partial charge is 0.343 e. The zero-order chi connectivity index (χ0) is 18.5. The molecular weight excluding hydrogens is 320 g/mol. The average molecular weight is 352 g/mol. The van der Waals surface area contributed by atoms with Crippen LogP contribution in [-0.2, 0) is 4.74 Å². The van der Waals surface area contributed by atoms with Gasteiger partial charge in [-0.25, -0.2) is 4.79 Å². The summed E-state index contributed by atoms with van der Waals surface area (Å²) < 4.78 is 11.1. The van der Waals surface area contributed by atoms with Crippen LogP contribution in [0.1, 0.15) is 75.1 Å². The van der Waals surface area contributed by atoms with Crippen molar-refractivity contribution in [1.29, 1.82) is 0 Å². The lowest BCUT2D eigenvalue weighted by Crippen LogP contribution is -2.13. The fourth-order valence-electron chi connectivity index (χ4n) is 2.88. The molecule has 142 valence electrons. The number of carboxylic acids is 1. The van der Waals surface area contributed by atoms with E-state index in [1.54, 1.807) is 19.2 Å². The molecule has 0 aromatic heterocycles. The van der Waals surface area contributed by atoms with Crippen LogP contribution in [0.15, 0.2) is 18.2 Å². The molecule has 2 N–H and O–H groups in total. The van der Waals surface area contributed by atoms with Gasteiger partial charge < -0.3 is 19.7 Å². The Balaban J connectivity index is 2.27. The second-order valence-corrected chi connectivity index (χ2v) is 6.36. The number of benzene rings is 1. The van der Waals surface area contributed by atoms with Crippen molar-refractivity contribution in [2.75, 3.05) is 13.7 Å². The van der Waals surface area contributed by atoms with E-state index in [0.717, 1.165) is 19.3 Å². The number of ether oxygens (including phenoxy) is 2. The molecule has 1 aromatic rings. The summed E-state index contributed by atoms with van der Waals surface area (Å²) in [6, 6.07) is 4.48. The molecule has 1 unspecified atom stereocenters. The van der Waals surface area contributed by atoms with Gasteiger partial charge in [0.1, 0.15) is 17.1 Å². The first-order valence-electron chi connectivity index (χ1n) is 9.31. The van der Waals surface area contributed by atoms with Gasteiger partial charge in [0.25, 0.3) is 0 Å². The number of hydrogen-bond donors (Lipinski definition) is 2. The largest absolute Gasteiger partial charge is 0.507 e. The second kappa shape index (κ2) is 12.6. The van der Waals surface area contributed by atoms with Gasteiger partial charge >= 0.3 is 5.97 Å². The minimum absolute atomic E-state index is 0.183. The molecule has 1 rings (SSSR count). The maximum atomic E-state index is 11.2. The van der Waals surface area contributed by atoms with Crippen molar-refractivity contribution in [2.45, 2.75) is 70.8 Å². The van der Waals surface area contributed by atoms with Gasteiger partial charge in [-0.2, -0.15) is 0 Å². The van der Waals surface area contributed by atoms with Crippen molar-refractivity contribution in [3.05, 3.63) is 23.8 Å². The summed E-state index contributed by atoms with van der Waals surface area (Å²) in [5.74, 6) is -1.26. The van der Waals surface area contributed by atoms with Crippen LogP contribution in [0.4, 0.5) is 0 Å². The monoisotopic (exact) mass is 352 g/mol. The molecule has 0 amide bonds. The summed E-state index contributed by atoms with van der Waals surface area (Å²) in [7, 11) is 1.74. The highest BCUT2D eigenvalue weighted by Crippen LogP contribution is 2.27. The lowest BCUT2D eigenvalue weighted by Gasteiger charge is -2.16. The number of aromatic carboxylic acids is 1. The molecule has 0 spiro atoms. The van der Waals surface area contributed by atoms with Crippen LogP contribution >= 0.6 is 0 Å². The number of unbranched alkanes of at least 4 members (excludes halogenated alkanes) is 5. The SMILES string of the molecule is CCCCCCCCC(CCCOc1cccc(O)c1C(=O)O)OC. The first kappa shape index (κ1) is 21.3. The first-order valence-corrected chi connectivity index (χ1v) is 9.31. The summed E-state index contributed by atoms with van der Waals surface area (Å²) in [5.41, 5.74) is -0.183. The van der Waals surface area contributed by atoms with E-state index in [1.807, 2.05) is 0 Å². The fraction of sp³-hybridized carbons (Fsp3) is 0.650. The molecule has 0 heterocycles. The molecule has 0 fully saturated rings. The van der Waals surface area contributed by atoms with Gasteiger partial charge in [-0.1, -0.05) is 51.5 Å². The average Bonchev–Trinajstić information content (AvgIpc) is 2.59. The Hall–Kier alpha value is -1.75. The van der Waals surface area contributed by atoms with Crippen molar-refractivity contribution >= 4 is 5.97 Å². The number of carboxylic acid groups (broad SMARTS) is 1. The Morgan fingerprint density at radius 2 is 1.76 bits per heavy atom. The normalized spacial score (nSPS) is 12.1. The van der Waals surface area contributed by atoms with Gasteiger partial charge in [-0.05, 0) is 31.4 Å². The Kier molecular flexibility index (Phi) is 10.7. The van der Waals surface area contributed by atoms with E-state index in [1.165, 1.54) is 44.6 Å². The van der Waals surface area contributed by atoms with Crippen LogP contribution < -0.4 is 4.74 Å². The predicted molar refractivity (Wildman–Crippen MR) is 98.6 cm³/mol. The molecule has 0 radical (unpaired) electrons. The van der Waals surface area contributed by atoms with Gasteiger partial charge in [0, 0.05) is 7.11 Å². The van der Waals surface area contributed by atoms with Gasteiger partial charge in [-0.15, -0.1) is 0 Å². The third kappa shape index (κ3) is 8.25. The Bertz CT molecular complexity index is 501. The van der Waals surface area contributed by atoms with Crippen molar-refractivity contribution in [1.82, 2.24) is 0 Å². The molecule has 5 nitrogen and oxygen atoms in total. The molecule has 1 atom stereocenters. The minimum Gasteiger partial charge on any atom is -0.507 e. The molecule has 0 aliphatic heterocycles. The number of aromatic hydroxyl groups is 1. The van der Waals surface area contributed by atoms with Gasteiger partial charge in [0.05, 0.1) is 12.7 Å². The second-order valence-electron chi connectivity index (χ2n) is 6.36. The number of methoxy groups -OCH3 is 1. The highest BCUT2D eigenvalue weighted by molar-refractivity contribution is 5.93. The molecule has 25 heavy (non-hydrogen) atoms. The van der Waals surface area contributed by atoms with Crippen molar-refractivity contribution in [3.63, 3.8) is 0 Å². The molecule has 0 aliphatic carbocycles. The number of phenols is 1. The van der Waals surface area contributed by atoms with E-state index in [4.69, 9.17) is 14.6 Å². The van der Waals surface area contributed by atoms with E-state index in [9.17, 15) is 9.90 Å². The van der Waals surface area contributed by atoms with E-state index in [-0.39, 0.29) is 23.2 Å². The topological polar surface area (TPSA) is 76.0 Å². The molecule has 0 saturated heterocycles.